The molecular formula is C23H26N4O3. The van der Waals surface area contributed by atoms with Crippen LogP contribution in [0.5, 0.6) is 5.75 Å². The molecule has 0 saturated carbocycles. The molecule has 1 N–H and O–H groups in total. The molecule has 1 aliphatic heterocycles. The first-order chi connectivity index (χ1) is 14.7. The molecule has 1 fully saturated rings. The summed E-state index contributed by atoms with van der Waals surface area (Å²) in [5, 5.41) is 0. The van der Waals surface area contributed by atoms with Crippen LogP contribution in [0, 0.1) is 0 Å². The first kappa shape index (κ1) is 20.3. The van der Waals surface area contributed by atoms with Gasteiger partial charge in [-0.15, -0.1) is 0 Å². The largest absolute Gasteiger partial charge is 0.491 e. The molecule has 0 amide bonds. The van der Waals surface area contributed by atoms with Crippen LogP contribution in [0.15, 0.2) is 59.7 Å². The van der Waals surface area contributed by atoms with E-state index < -0.39 is 0 Å². The van der Waals surface area contributed by atoms with Crippen molar-refractivity contribution in [3.8, 4) is 17.0 Å². The van der Waals surface area contributed by atoms with Gasteiger partial charge in [0.15, 0.2) is 0 Å². The minimum atomic E-state index is -0.124. The van der Waals surface area contributed by atoms with Crippen LogP contribution < -0.4 is 10.3 Å². The topological polar surface area (TPSA) is 80.3 Å². The molecule has 0 radical (unpaired) electrons. The molecule has 1 aliphatic rings. The Labute approximate surface area is 175 Å². The molecule has 2 aromatic heterocycles. The van der Waals surface area contributed by atoms with Gasteiger partial charge in [-0.25, -0.2) is 4.98 Å². The lowest BCUT2D eigenvalue weighted by molar-refractivity contribution is 0.146. The lowest BCUT2D eigenvalue weighted by Crippen LogP contribution is -2.21. The van der Waals surface area contributed by atoms with Gasteiger partial charge in [-0.1, -0.05) is 12.1 Å². The van der Waals surface area contributed by atoms with Crippen molar-refractivity contribution in [3.05, 3.63) is 76.6 Å². The summed E-state index contributed by atoms with van der Waals surface area (Å²) in [7, 11) is 1.66. The Bertz CT molecular complexity index is 1000. The molecule has 3 heterocycles. The Balaban J connectivity index is 1.39. The van der Waals surface area contributed by atoms with Crippen molar-refractivity contribution in [1.82, 2.24) is 19.9 Å². The number of aromatic amines is 1. The Morgan fingerprint density at radius 1 is 1.20 bits per heavy atom. The Kier molecular flexibility index (Phi) is 6.51. The van der Waals surface area contributed by atoms with E-state index in [2.05, 4.69) is 27.0 Å². The molecule has 4 rings (SSSR count). The smallest absolute Gasteiger partial charge is 0.251 e. The predicted octanol–water partition coefficient (Wildman–Crippen LogP) is 2.85. The molecule has 0 spiro atoms. The first-order valence-electron chi connectivity index (χ1n) is 10.2. The summed E-state index contributed by atoms with van der Waals surface area (Å²) in [6.07, 6.45) is 4.41. The van der Waals surface area contributed by atoms with Crippen molar-refractivity contribution in [2.75, 3.05) is 33.4 Å². The highest BCUT2D eigenvalue weighted by Crippen LogP contribution is 2.27. The Morgan fingerprint density at radius 3 is 2.83 bits per heavy atom. The average molecular weight is 406 g/mol. The number of H-pyrrole nitrogens is 1. The van der Waals surface area contributed by atoms with Crippen LogP contribution in [0.25, 0.3) is 11.3 Å². The van der Waals surface area contributed by atoms with Crippen molar-refractivity contribution in [1.29, 1.82) is 0 Å². The molecule has 1 atom stereocenters. The first-order valence-corrected chi connectivity index (χ1v) is 10.2. The fourth-order valence-corrected chi connectivity index (χ4v) is 3.72. The highest BCUT2D eigenvalue weighted by Gasteiger charge is 2.26. The fourth-order valence-electron chi connectivity index (χ4n) is 3.72. The summed E-state index contributed by atoms with van der Waals surface area (Å²) in [5.74, 6) is 1.82. The molecular weight excluding hydrogens is 380 g/mol. The molecule has 1 aromatic carbocycles. The van der Waals surface area contributed by atoms with Crippen LogP contribution in [0.4, 0.5) is 0 Å². The van der Waals surface area contributed by atoms with Crippen molar-refractivity contribution in [2.45, 2.75) is 18.9 Å². The number of benzene rings is 1. The van der Waals surface area contributed by atoms with Crippen LogP contribution in [0.3, 0.4) is 0 Å². The molecule has 1 unspecified atom stereocenters. The number of aromatic nitrogens is 3. The van der Waals surface area contributed by atoms with Gasteiger partial charge in [0.25, 0.3) is 5.56 Å². The van der Waals surface area contributed by atoms with E-state index in [0.29, 0.717) is 18.9 Å². The maximum atomic E-state index is 12.2. The molecule has 7 nitrogen and oxygen atoms in total. The van der Waals surface area contributed by atoms with Gasteiger partial charge in [-0.2, -0.15) is 0 Å². The SMILES string of the molecule is COCCOc1ccc(CN2CCC(c3nc(-c4cccnc4)cc(=O)[nH]3)C2)cc1. The maximum absolute atomic E-state index is 12.2. The van der Waals surface area contributed by atoms with E-state index in [4.69, 9.17) is 14.5 Å². The molecule has 3 aromatic rings. The number of hydrogen-bond acceptors (Lipinski definition) is 6. The summed E-state index contributed by atoms with van der Waals surface area (Å²) in [6, 6.07) is 13.5. The number of hydrogen-bond donors (Lipinski definition) is 1. The Hall–Kier alpha value is -3.03. The number of nitrogens with zero attached hydrogens (tertiary/aromatic N) is 3. The second-order valence-corrected chi connectivity index (χ2v) is 7.46. The van der Waals surface area contributed by atoms with Gasteiger partial charge in [0.2, 0.25) is 0 Å². The van der Waals surface area contributed by atoms with Crippen molar-refractivity contribution < 1.29 is 9.47 Å². The third-order valence-corrected chi connectivity index (χ3v) is 5.26. The summed E-state index contributed by atoms with van der Waals surface area (Å²) in [6.45, 7) is 3.83. The number of pyridine rings is 1. The van der Waals surface area contributed by atoms with Gasteiger partial charge in [-0.05, 0) is 42.8 Å². The third kappa shape index (κ3) is 5.11. The van der Waals surface area contributed by atoms with Crippen molar-refractivity contribution in [2.24, 2.45) is 0 Å². The number of likely N-dealkylation sites (tertiary alicyclic amines) is 1. The van der Waals surface area contributed by atoms with E-state index in [9.17, 15) is 4.79 Å². The Morgan fingerprint density at radius 2 is 2.07 bits per heavy atom. The van der Waals surface area contributed by atoms with Gasteiger partial charge >= 0.3 is 0 Å². The standard InChI is InChI=1S/C23H26N4O3/c1-29-11-12-30-20-6-4-17(5-7-20)15-27-10-8-19(16-27)23-25-21(13-22(28)26-23)18-3-2-9-24-14-18/h2-7,9,13-14,19H,8,10-12,15-16H2,1H3,(H,25,26,28). The van der Waals surface area contributed by atoms with E-state index in [-0.39, 0.29) is 11.5 Å². The zero-order chi connectivity index (χ0) is 20.8. The van der Waals surface area contributed by atoms with E-state index in [1.807, 2.05) is 24.3 Å². The number of ether oxygens (including phenoxy) is 2. The average Bonchev–Trinajstić information content (AvgIpc) is 3.24. The molecule has 7 heteroatoms. The lowest BCUT2D eigenvalue weighted by atomic mass is 10.1. The highest BCUT2D eigenvalue weighted by molar-refractivity contribution is 5.56. The number of rotatable bonds is 8. The highest BCUT2D eigenvalue weighted by atomic mass is 16.5. The van der Waals surface area contributed by atoms with Crippen LogP contribution >= 0.6 is 0 Å². The molecule has 0 aliphatic carbocycles. The monoisotopic (exact) mass is 406 g/mol. The second kappa shape index (κ2) is 9.65. The van der Waals surface area contributed by atoms with Crippen LogP contribution in [-0.2, 0) is 11.3 Å². The minimum absolute atomic E-state index is 0.124. The lowest BCUT2D eigenvalue weighted by Gasteiger charge is -2.16. The van der Waals surface area contributed by atoms with E-state index in [1.54, 1.807) is 19.5 Å². The fraction of sp³-hybridized carbons (Fsp3) is 0.348. The van der Waals surface area contributed by atoms with Gasteiger partial charge < -0.3 is 14.5 Å². The van der Waals surface area contributed by atoms with E-state index in [1.165, 1.54) is 11.6 Å². The van der Waals surface area contributed by atoms with Gasteiger partial charge in [0, 0.05) is 50.1 Å². The van der Waals surface area contributed by atoms with Gasteiger partial charge in [0.05, 0.1) is 12.3 Å². The van der Waals surface area contributed by atoms with Gasteiger partial charge in [-0.3, -0.25) is 14.7 Å². The van der Waals surface area contributed by atoms with E-state index in [0.717, 1.165) is 43.2 Å². The molecule has 30 heavy (non-hydrogen) atoms. The maximum Gasteiger partial charge on any atom is 0.251 e. The molecule has 1 saturated heterocycles. The van der Waals surface area contributed by atoms with Crippen LogP contribution in [0.2, 0.25) is 0 Å². The van der Waals surface area contributed by atoms with Crippen molar-refractivity contribution >= 4 is 0 Å². The van der Waals surface area contributed by atoms with Gasteiger partial charge in [0.1, 0.15) is 18.2 Å². The molecule has 156 valence electrons. The number of nitrogens with one attached hydrogen (secondary N) is 1. The van der Waals surface area contributed by atoms with Crippen molar-refractivity contribution in [3.63, 3.8) is 0 Å². The summed E-state index contributed by atoms with van der Waals surface area (Å²) in [5.41, 5.74) is 2.64. The normalized spacial score (nSPS) is 16.6. The predicted molar refractivity (Wildman–Crippen MR) is 115 cm³/mol. The summed E-state index contributed by atoms with van der Waals surface area (Å²) in [4.78, 5) is 26.4. The zero-order valence-corrected chi connectivity index (χ0v) is 17.1. The number of methoxy groups -OCH3 is 1. The summed E-state index contributed by atoms with van der Waals surface area (Å²) < 4.78 is 10.6. The zero-order valence-electron chi connectivity index (χ0n) is 17.1. The van der Waals surface area contributed by atoms with E-state index >= 15 is 0 Å². The second-order valence-electron chi connectivity index (χ2n) is 7.46. The third-order valence-electron chi connectivity index (χ3n) is 5.26. The quantitative estimate of drug-likeness (QED) is 0.580. The van der Waals surface area contributed by atoms with Crippen LogP contribution in [0.1, 0.15) is 23.7 Å². The minimum Gasteiger partial charge on any atom is -0.491 e. The summed E-state index contributed by atoms with van der Waals surface area (Å²) >= 11 is 0. The van der Waals surface area contributed by atoms with Crippen LogP contribution in [-0.4, -0.2) is 53.3 Å². The molecule has 0 bridgehead atoms.